The number of nitrogens with two attached hydrogens (primary N) is 1. The van der Waals surface area contributed by atoms with E-state index in [-0.39, 0.29) is 98.2 Å². The second-order valence-electron chi connectivity index (χ2n) is 23.7. The van der Waals surface area contributed by atoms with E-state index >= 15 is 0 Å². The molecule has 0 radical (unpaired) electrons. The quantitative estimate of drug-likeness (QED) is 0.0330. The van der Waals surface area contributed by atoms with Crippen LogP contribution in [-0.4, -0.2) is 68.5 Å². The Labute approximate surface area is 605 Å². The first kappa shape index (κ1) is 85.2. The van der Waals surface area contributed by atoms with E-state index in [0.29, 0.717) is 16.0 Å². The fourth-order valence-electron chi connectivity index (χ4n) is 8.01. The second-order valence-corrected chi connectivity index (χ2v) is 32.4. The van der Waals surface area contributed by atoms with Crippen LogP contribution >= 0.6 is 45.3 Å². The fraction of sp³-hybridized carbons (Fsp3) is 0.348. The number of nitrogens with one attached hydrogen (secondary N) is 3. The molecule has 19 nitrogen and oxygen atoms in total. The fourth-order valence-corrected chi connectivity index (χ4v) is 14.3. The third-order valence-electron chi connectivity index (χ3n) is 15.8. The van der Waals surface area contributed by atoms with E-state index < -0.39 is 48.0 Å². The average Bonchev–Trinajstić information content (AvgIpc) is 0.958. The molecule has 0 bridgehead atoms. The summed E-state index contributed by atoms with van der Waals surface area (Å²) in [6.45, 7) is 29.2. The molecular weight excluding hydrogens is 1370 g/mol. The van der Waals surface area contributed by atoms with Crippen molar-refractivity contribution < 1.29 is 93.7 Å². The molecule has 0 saturated heterocycles. The van der Waals surface area contributed by atoms with Crippen molar-refractivity contribution in [3.05, 3.63) is 190 Å². The van der Waals surface area contributed by atoms with Crippen LogP contribution in [0, 0.1) is 18.3 Å². The minimum atomic E-state index is -3.84. The molecule has 8 aromatic rings. The van der Waals surface area contributed by atoms with Crippen LogP contribution in [0.25, 0.3) is 0 Å². The molecule has 514 valence electrons. The molecule has 96 heavy (non-hydrogen) atoms. The molecule has 4 aromatic carbocycles. The number of carbonyl (C=O) groups excluding carboxylic acids is 3. The number of methoxy groups -OCH3 is 2. The molecule has 0 unspecified atom stereocenters. The number of ether oxygens (including phenoxy) is 2. The van der Waals surface area contributed by atoms with Gasteiger partial charge in [-0.05, 0) is 159 Å². The first-order valence-corrected chi connectivity index (χ1v) is 37.7. The van der Waals surface area contributed by atoms with Crippen molar-refractivity contribution in [3.63, 3.8) is 0 Å². The van der Waals surface area contributed by atoms with Crippen LogP contribution in [0.2, 0.25) is 0 Å². The van der Waals surface area contributed by atoms with Gasteiger partial charge < -0.3 is 30.2 Å². The Hall–Kier alpha value is -6.90. The van der Waals surface area contributed by atoms with E-state index in [1.807, 2.05) is 12.1 Å². The number of nitrogens with zero attached hydrogens (tertiary/aromatic N) is 1. The second kappa shape index (κ2) is 37.7. The molecule has 0 aliphatic rings. The Morgan fingerprint density at radius 2 is 0.729 bits per heavy atom. The number of benzene rings is 4. The van der Waals surface area contributed by atoms with Gasteiger partial charge in [0, 0.05) is 6.92 Å². The van der Waals surface area contributed by atoms with Gasteiger partial charge >= 0.3 is 47.5 Å². The summed E-state index contributed by atoms with van der Waals surface area (Å²) in [5.41, 5.74) is 12.5. The summed E-state index contributed by atoms with van der Waals surface area (Å²) in [5.74, 6) is -3.49. The Bertz CT molecular complexity index is 4070. The van der Waals surface area contributed by atoms with Crippen LogP contribution < -0.4 is 54.6 Å². The summed E-state index contributed by atoms with van der Waals surface area (Å²) in [6, 6.07) is 36.8. The number of nitriles is 1. The summed E-state index contributed by atoms with van der Waals surface area (Å²) < 4.78 is 90.9. The SMILES string of the molecule is CC#N.CCC(C)(C)c1ccc(C)cc1.CCC(C)(C)c1ccc(S(=O)(=O)Nc2ccsc2C(=O)O)cc1.CCC(C)(C)c1ccc(S(=O)(=O)Nc2ccsc2C(=O)OC)cc1.CCC(C)(C)c1ccc(S(=O)(=O)Nc2ccsc2C(=O)[O-])cc1.COC(=O)c1sccc1N.[Na+]. The molecule has 8 rings (SSSR count). The molecule has 4 aromatic heterocycles. The number of anilines is 4. The molecular formula is C69H86N5NaO14S7. The minimum Gasteiger partial charge on any atom is -0.544 e. The first-order valence-electron chi connectivity index (χ1n) is 29.7. The summed E-state index contributed by atoms with van der Waals surface area (Å²) in [7, 11) is -8.83. The van der Waals surface area contributed by atoms with Crippen LogP contribution in [0.1, 0.15) is 182 Å². The number of carboxylic acids is 2. The van der Waals surface area contributed by atoms with Gasteiger partial charge in [-0.2, -0.15) is 5.26 Å². The van der Waals surface area contributed by atoms with Gasteiger partial charge in [0.25, 0.3) is 30.1 Å². The van der Waals surface area contributed by atoms with Gasteiger partial charge in [0.15, 0.2) is 0 Å². The van der Waals surface area contributed by atoms with E-state index in [4.69, 9.17) is 16.1 Å². The number of carboxylic acid groups (broad SMARTS) is 2. The molecule has 0 spiro atoms. The largest absolute Gasteiger partial charge is 1.00 e. The van der Waals surface area contributed by atoms with E-state index in [1.165, 1.54) is 85.1 Å². The summed E-state index contributed by atoms with van der Waals surface area (Å²) in [6.07, 6.45) is 4.01. The predicted octanol–water partition coefficient (Wildman–Crippen LogP) is 12.9. The van der Waals surface area contributed by atoms with Gasteiger partial charge in [-0.15, -0.1) is 45.3 Å². The van der Waals surface area contributed by atoms with Crippen molar-refractivity contribution in [1.29, 1.82) is 5.26 Å². The van der Waals surface area contributed by atoms with E-state index in [9.17, 15) is 49.5 Å². The van der Waals surface area contributed by atoms with Crippen molar-refractivity contribution in [2.24, 2.45) is 0 Å². The number of carbonyl (C=O) groups is 4. The molecule has 0 atom stereocenters. The average molecular weight is 1460 g/mol. The van der Waals surface area contributed by atoms with Gasteiger partial charge in [-0.1, -0.05) is 149 Å². The molecule has 4 heterocycles. The number of thiophene rings is 4. The Morgan fingerprint density at radius 1 is 0.479 bits per heavy atom. The van der Waals surface area contributed by atoms with E-state index in [0.717, 1.165) is 70.0 Å². The number of aromatic carboxylic acids is 2. The van der Waals surface area contributed by atoms with Gasteiger partial charge in [0.2, 0.25) is 0 Å². The maximum atomic E-state index is 12.5. The van der Waals surface area contributed by atoms with Crippen LogP contribution in [0.15, 0.2) is 158 Å². The Kier molecular flexibility index (Phi) is 33.5. The maximum absolute atomic E-state index is 12.5. The summed E-state index contributed by atoms with van der Waals surface area (Å²) >= 11 is 4.30. The van der Waals surface area contributed by atoms with E-state index in [1.54, 1.807) is 77.5 Å². The molecule has 6 N–H and O–H groups in total. The number of nitrogen functional groups attached to an aromatic ring is 1. The smallest absolute Gasteiger partial charge is 0.544 e. The molecule has 27 heteroatoms. The van der Waals surface area contributed by atoms with Gasteiger partial charge in [0.1, 0.15) is 14.6 Å². The zero-order valence-electron chi connectivity index (χ0n) is 57.3. The number of esters is 2. The van der Waals surface area contributed by atoms with Crippen LogP contribution in [0.3, 0.4) is 0 Å². The Morgan fingerprint density at radius 3 is 1.00 bits per heavy atom. The number of sulfonamides is 3. The minimum absolute atomic E-state index is 0. The zero-order valence-corrected chi connectivity index (χ0v) is 65.0. The van der Waals surface area contributed by atoms with Gasteiger partial charge in [0.05, 0.1) is 68.6 Å². The van der Waals surface area contributed by atoms with Crippen LogP contribution in [0.4, 0.5) is 22.7 Å². The van der Waals surface area contributed by atoms with Crippen molar-refractivity contribution in [2.75, 3.05) is 34.1 Å². The first-order chi connectivity index (χ1) is 44.3. The summed E-state index contributed by atoms with van der Waals surface area (Å²) in [5, 5.41) is 33.7. The third kappa shape index (κ3) is 24.6. The van der Waals surface area contributed by atoms with Crippen LogP contribution in [-0.2, 0) is 61.2 Å². The Balaban J connectivity index is 0.000000416. The molecule has 0 aliphatic carbocycles. The molecule has 0 fully saturated rings. The molecule has 0 saturated carbocycles. The topological polar surface area (TPSA) is 318 Å². The van der Waals surface area contributed by atoms with E-state index in [2.05, 4.69) is 138 Å². The standard InChI is InChI=1S/C17H21NO4S2.2C16H19NO4S2.C12H18.C6H7NO2S.C2H3N.Na/c1-5-17(2,3)12-6-8-13(9-7-12)24(20,21)18-14-10-11-23-15(14)16(19)22-4;2*1-4-16(2,3)11-5-7-12(8-6-11)23(20,21)17-13-9-10-22-14(13)15(18)19;1-5-12(3,4)11-8-6-10(2)7-9-11;1-9-6(8)5-4(7)2-3-10-5;1-2-3;/h6-11,18H,5H2,1-4H3;2*5-10,17H,4H2,1-3H3,(H,18,19);6-9H,5H2,1-4H3;2-3H,7H2,1H3;1H3;/q;;;;;;+1/p-1. The number of hydrogen-bond donors (Lipinski definition) is 5. The van der Waals surface area contributed by atoms with Gasteiger partial charge in [-0.3, -0.25) is 14.2 Å². The number of aryl methyl sites for hydroxylation is 1. The predicted molar refractivity (Wildman–Crippen MR) is 383 cm³/mol. The summed E-state index contributed by atoms with van der Waals surface area (Å²) in [4.78, 5) is 45.4. The third-order valence-corrected chi connectivity index (χ3v) is 23.5. The van der Waals surface area contributed by atoms with Crippen LogP contribution in [0.5, 0.6) is 0 Å². The monoisotopic (exact) mass is 1460 g/mol. The molecule has 0 aliphatic heterocycles. The van der Waals surface area contributed by atoms with Crippen molar-refractivity contribution >= 4 is 122 Å². The molecule has 0 amide bonds. The zero-order chi connectivity index (χ0) is 71.9. The maximum Gasteiger partial charge on any atom is 1.00 e. The van der Waals surface area contributed by atoms with Gasteiger partial charge in [-0.25, -0.2) is 39.6 Å². The number of hydrogen-bond acceptors (Lipinski definition) is 19. The van der Waals surface area contributed by atoms with Crippen molar-refractivity contribution in [2.45, 2.75) is 159 Å². The van der Waals surface area contributed by atoms with Crippen molar-refractivity contribution in [1.82, 2.24) is 0 Å². The van der Waals surface area contributed by atoms with Crippen molar-refractivity contribution in [3.8, 4) is 6.07 Å². The number of rotatable bonds is 21. The normalized spacial score (nSPS) is 11.3.